The topological polar surface area (TPSA) is 76.9 Å². The van der Waals surface area contributed by atoms with E-state index in [2.05, 4.69) is 15.2 Å². The lowest BCUT2D eigenvalue weighted by atomic mass is 10.1. The van der Waals surface area contributed by atoms with Crippen molar-refractivity contribution in [1.82, 2.24) is 15.1 Å². The van der Waals surface area contributed by atoms with Crippen molar-refractivity contribution in [3.05, 3.63) is 68.5 Å². The first kappa shape index (κ1) is 23.3. The van der Waals surface area contributed by atoms with Crippen molar-refractivity contribution in [2.45, 2.75) is 20.5 Å². The lowest BCUT2D eigenvalue weighted by molar-refractivity contribution is -0.122. The number of benzene rings is 2. The van der Waals surface area contributed by atoms with Gasteiger partial charge < -0.3 is 9.47 Å². The number of likely N-dealkylation sites (N-methyl/N-ethyl adjacent to an activating group) is 1. The van der Waals surface area contributed by atoms with E-state index in [0.717, 1.165) is 16.1 Å². The third-order valence-corrected chi connectivity index (χ3v) is 6.85. The molecule has 1 amide bonds. The number of ether oxygens (including phenoxy) is 2. The summed E-state index contributed by atoms with van der Waals surface area (Å²) < 4.78 is 11.4. The number of carbonyl (C=O) groups is 1. The molecule has 2 heterocycles. The van der Waals surface area contributed by atoms with Gasteiger partial charge >= 0.3 is 0 Å². The molecule has 3 aromatic rings. The lowest BCUT2D eigenvalue weighted by Gasteiger charge is -2.12. The van der Waals surface area contributed by atoms with E-state index in [1.165, 1.54) is 23.1 Å². The molecule has 33 heavy (non-hydrogen) atoms. The number of aliphatic imine (C=N–C) groups is 1. The summed E-state index contributed by atoms with van der Waals surface area (Å²) in [7, 11) is 1.58. The minimum Gasteiger partial charge on any atom is -0.493 e. The average Bonchev–Trinajstić information content (AvgIpc) is 3.35. The predicted molar refractivity (Wildman–Crippen MR) is 133 cm³/mol. The fourth-order valence-corrected chi connectivity index (χ4v) is 4.95. The van der Waals surface area contributed by atoms with Crippen LogP contribution >= 0.6 is 34.7 Å². The second-order valence-electron chi connectivity index (χ2n) is 6.95. The van der Waals surface area contributed by atoms with Gasteiger partial charge in [-0.1, -0.05) is 47.2 Å². The van der Waals surface area contributed by atoms with Crippen LogP contribution in [0.5, 0.6) is 11.5 Å². The van der Waals surface area contributed by atoms with E-state index in [1.807, 2.05) is 62.4 Å². The van der Waals surface area contributed by atoms with Gasteiger partial charge in [0.15, 0.2) is 16.7 Å². The zero-order valence-electron chi connectivity index (χ0n) is 18.2. The lowest BCUT2D eigenvalue weighted by Crippen LogP contribution is -2.28. The molecule has 0 radical (unpaired) electrons. The van der Waals surface area contributed by atoms with E-state index in [9.17, 15) is 4.79 Å². The molecule has 2 aromatic carbocycles. The maximum Gasteiger partial charge on any atom is 0.266 e. The van der Waals surface area contributed by atoms with Gasteiger partial charge in [0.05, 0.1) is 12.0 Å². The van der Waals surface area contributed by atoms with E-state index in [4.69, 9.17) is 21.1 Å². The van der Waals surface area contributed by atoms with Crippen LogP contribution in [0, 0.1) is 6.92 Å². The fraction of sp³-hybridized carbons (Fsp3) is 0.217. The summed E-state index contributed by atoms with van der Waals surface area (Å²) in [5.74, 6) is 1.06. The molecule has 1 fully saturated rings. The van der Waals surface area contributed by atoms with E-state index in [0.29, 0.717) is 44.9 Å². The normalized spacial score (nSPS) is 16.1. The highest BCUT2D eigenvalue weighted by Gasteiger charge is 2.32. The van der Waals surface area contributed by atoms with Gasteiger partial charge in [-0.25, -0.2) is 0 Å². The molecule has 0 saturated carbocycles. The van der Waals surface area contributed by atoms with Gasteiger partial charge in [-0.3, -0.25) is 9.69 Å². The molecule has 0 unspecified atom stereocenters. The molecule has 4 rings (SSSR count). The van der Waals surface area contributed by atoms with Crippen molar-refractivity contribution < 1.29 is 14.3 Å². The molecule has 0 spiro atoms. The average molecular weight is 501 g/mol. The summed E-state index contributed by atoms with van der Waals surface area (Å²) >= 11 is 8.91. The minimum absolute atomic E-state index is 0.0968. The van der Waals surface area contributed by atoms with Gasteiger partial charge in [0, 0.05) is 17.1 Å². The van der Waals surface area contributed by atoms with Crippen LogP contribution < -0.4 is 9.47 Å². The number of methoxy groups -OCH3 is 1. The Hall–Kier alpha value is -2.88. The number of amides is 1. The van der Waals surface area contributed by atoms with Gasteiger partial charge in [0.2, 0.25) is 5.13 Å². The summed E-state index contributed by atoms with van der Waals surface area (Å²) in [6, 6.07) is 13.1. The molecule has 7 nitrogen and oxygen atoms in total. The number of nitrogens with zero attached hydrogens (tertiary/aromatic N) is 4. The van der Waals surface area contributed by atoms with Crippen LogP contribution in [0.4, 0.5) is 5.13 Å². The Balaban J connectivity index is 1.55. The van der Waals surface area contributed by atoms with E-state index >= 15 is 0 Å². The zero-order chi connectivity index (χ0) is 23.4. The number of halogens is 1. The number of rotatable bonds is 7. The standard InChI is InChI=1S/C23H21ClN4O3S2/c1-4-28-21(29)20(33-23(28)25-22-27-26-14(2)32-22)12-15-9-10-18(19(11-15)30-3)31-13-16-7-5-6-8-17(16)24/h5-12H,4,13H2,1-3H3/b20-12-,25-23+. The van der Waals surface area contributed by atoms with Crippen molar-refractivity contribution in [2.75, 3.05) is 13.7 Å². The number of amidine groups is 1. The summed E-state index contributed by atoms with van der Waals surface area (Å²) in [5, 5.41) is 10.6. The van der Waals surface area contributed by atoms with E-state index in [-0.39, 0.29) is 5.91 Å². The highest BCUT2D eigenvalue weighted by atomic mass is 35.5. The maximum atomic E-state index is 12.9. The Morgan fingerprint density at radius 1 is 1.18 bits per heavy atom. The SMILES string of the molecule is CCN1C(=O)/C(=C/c2ccc(OCc3ccccc3Cl)c(OC)c2)S/C1=N/c1nnc(C)s1. The molecule has 1 aromatic heterocycles. The molecule has 10 heteroatoms. The summed E-state index contributed by atoms with van der Waals surface area (Å²) in [6.45, 7) is 4.61. The van der Waals surface area contributed by atoms with Crippen LogP contribution in [0.3, 0.4) is 0 Å². The van der Waals surface area contributed by atoms with Crippen molar-refractivity contribution in [3.63, 3.8) is 0 Å². The molecule has 0 N–H and O–H groups in total. The van der Waals surface area contributed by atoms with Crippen molar-refractivity contribution >= 4 is 57.0 Å². The van der Waals surface area contributed by atoms with Crippen LogP contribution in [0.15, 0.2) is 52.4 Å². The number of hydrogen-bond donors (Lipinski definition) is 0. The third-order valence-electron chi connectivity index (χ3n) is 4.74. The molecule has 0 atom stereocenters. The van der Waals surface area contributed by atoms with Crippen LogP contribution in [0.1, 0.15) is 23.1 Å². The Morgan fingerprint density at radius 2 is 2.00 bits per heavy atom. The first-order chi connectivity index (χ1) is 16.0. The van der Waals surface area contributed by atoms with Gasteiger partial charge in [-0.05, 0) is 55.4 Å². The molecule has 170 valence electrons. The number of aryl methyl sites for hydroxylation is 1. The van der Waals surface area contributed by atoms with E-state index in [1.54, 1.807) is 12.0 Å². The first-order valence-corrected chi connectivity index (χ1v) is 12.1. The minimum atomic E-state index is -0.0968. The molecule has 0 bridgehead atoms. The predicted octanol–water partition coefficient (Wildman–Crippen LogP) is 5.71. The van der Waals surface area contributed by atoms with Gasteiger partial charge in [0.25, 0.3) is 5.91 Å². The number of thioether (sulfide) groups is 1. The van der Waals surface area contributed by atoms with Crippen molar-refractivity contribution in [1.29, 1.82) is 0 Å². The van der Waals surface area contributed by atoms with Crippen molar-refractivity contribution in [3.8, 4) is 11.5 Å². The number of aromatic nitrogens is 2. The second-order valence-corrected chi connectivity index (χ2v) is 9.52. The summed E-state index contributed by atoms with van der Waals surface area (Å²) in [6.07, 6.45) is 1.82. The zero-order valence-corrected chi connectivity index (χ0v) is 20.6. The first-order valence-electron chi connectivity index (χ1n) is 10.1. The van der Waals surface area contributed by atoms with Gasteiger partial charge in [-0.15, -0.1) is 10.2 Å². The monoisotopic (exact) mass is 500 g/mol. The summed E-state index contributed by atoms with van der Waals surface area (Å²) in [5.41, 5.74) is 1.70. The molecular formula is C23H21ClN4O3S2. The number of carbonyl (C=O) groups excluding carboxylic acids is 1. The maximum absolute atomic E-state index is 12.9. The Kier molecular flexibility index (Phi) is 7.32. The van der Waals surface area contributed by atoms with Crippen molar-refractivity contribution in [2.24, 2.45) is 4.99 Å². The second kappa shape index (κ2) is 10.4. The Bertz CT molecular complexity index is 1240. The van der Waals surface area contributed by atoms with Gasteiger partial charge in [-0.2, -0.15) is 4.99 Å². The Morgan fingerprint density at radius 3 is 2.70 bits per heavy atom. The number of hydrogen-bond acceptors (Lipinski definition) is 8. The molecule has 1 saturated heterocycles. The van der Waals surface area contributed by atoms with Crippen LogP contribution in [-0.2, 0) is 11.4 Å². The third kappa shape index (κ3) is 5.38. The fourth-order valence-electron chi connectivity index (χ4n) is 3.10. The quantitative estimate of drug-likeness (QED) is 0.386. The van der Waals surface area contributed by atoms with Crippen LogP contribution in [0.2, 0.25) is 5.02 Å². The largest absolute Gasteiger partial charge is 0.493 e. The molecule has 1 aliphatic rings. The van der Waals surface area contributed by atoms with Crippen LogP contribution in [0.25, 0.3) is 6.08 Å². The highest BCUT2D eigenvalue weighted by Crippen LogP contribution is 2.36. The smallest absolute Gasteiger partial charge is 0.266 e. The van der Waals surface area contributed by atoms with Crippen LogP contribution in [-0.4, -0.2) is 39.8 Å². The molecule has 0 aliphatic carbocycles. The van der Waals surface area contributed by atoms with E-state index < -0.39 is 0 Å². The highest BCUT2D eigenvalue weighted by molar-refractivity contribution is 8.18. The van der Waals surface area contributed by atoms with Gasteiger partial charge in [0.1, 0.15) is 11.6 Å². The Labute approximate surface area is 205 Å². The molecule has 1 aliphatic heterocycles. The molecular weight excluding hydrogens is 480 g/mol. The summed E-state index contributed by atoms with van der Waals surface area (Å²) in [4.78, 5) is 19.6.